The summed E-state index contributed by atoms with van der Waals surface area (Å²) in [6.07, 6.45) is 45.8. The van der Waals surface area contributed by atoms with Crippen LogP contribution >= 0.6 is 7.82 Å². The number of ether oxygens (including phenoxy) is 2. The van der Waals surface area contributed by atoms with E-state index in [0.29, 0.717) is 24.1 Å². The van der Waals surface area contributed by atoms with Gasteiger partial charge in [-0.2, -0.15) is 0 Å². The van der Waals surface area contributed by atoms with E-state index in [9.17, 15) is 14.3 Å². The summed E-state index contributed by atoms with van der Waals surface area (Å²) in [7, 11) is 1.27. The standard InChI is InChI=1S/C42H70NO7P/c1-6-8-10-12-14-16-18-20-22-23-25-27-29-31-33-35-42(44)50-41(40-49-51(45,46)48-38-36-43(3,4)5)39-47-37-34-32-30-28-26-24-21-19-17-15-13-11-9-7-2/h8-11,14-17,20-22,24-25,27-28,30,41H,6-7,12-13,18-19,23,26,29,31-40H2,1-5H3/b10-8-,11-9-,16-14-,17-15-,22-20-,24-21-,27-25-,30-28-. The normalized spacial score (nSPS) is 15.0. The van der Waals surface area contributed by atoms with Crippen LogP contribution in [-0.2, 0) is 27.9 Å². The number of hydrogen-bond donors (Lipinski definition) is 0. The Morgan fingerprint density at radius 3 is 1.53 bits per heavy atom. The number of phosphoric ester groups is 1. The van der Waals surface area contributed by atoms with Crippen LogP contribution in [-0.4, -0.2) is 70.7 Å². The quantitative estimate of drug-likeness (QED) is 0.0218. The molecule has 0 N–H and O–H groups in total. The maximum atomic E-state index is 12.6. The molecule has 0 saturated heterocycles. The zero-order valence-electron chi connectivity index (χ0n) is 32.5. The highest BCUT2D eigenvalue weighted by molar-refractivity contribution is 7.45. The molecule has 0 amide bonds. The Bertz CT molecular complexity index is 1130. The van der Waals surface area contributed by atoms with Gasteiger partial charge in [0.1, 0.15) is 19.3 Å². The van der Waals surface area contributed by atoms with E-state index in [1.165, 1.54) is 0 Å². The van der Waals surface area contributed by atoms with Gasteiger partial charge in [-0.3, -0.25) is 9.36 Å². The van der Waals surface area contributed by atoms with E-state index in [1.807, 2.05) is 21.1 Å². The number of likely N-dealkylation sites (N-methyl/N-ethyl adjacent to an activating group) is 1. The topological polar surface area (TPSA) is 94.1 Å². The molecular weight excluding hydrogens is 661 g/mol. The van der Waals surface area contributed by atoms with Crippen LogP contribution in [0.1, 0.15) is 104 Å². The van der Waals surface area contributed by atoms with Gasteiger partial charge in [-0.15, -0.1) is 0 Å². The third-order valence-electron chi connectivity index (χ3n) is 7.13. The van der Waals surface area contributed by atoms with Crippen molar-refractivity contribution in [3.05, 3.63) is 97.2 Å². The molecule has 0 aromatic heterocycles. The highest BCUT2D eigenvalue weighted by atomic mass is 31.2. The van der Waals surface area contributed by atoms with Crippen molar-refractivity contribution in [3.8, 4) is 0 Å². The van der Waals surface area contributed by atoms with Crippen LogP contribution in [0.15, 0.2) is 97.2 Å². The third-order valence-corrected chi connectivity index (χ3v) is 8.09. The fraction of sp³-hybridized carbons (Fsp3) is 0.595. The smallest absolute Gasteiger partial charge is 0.306 e. The fourth-order valence-corrected chi connectivity index (χ4v) is 4.97. The summed E-state index contributed by atoms with van der Waals surface area (Å²) in [6.45, 7) is 4.91. The van der Waals surface area contributed by atoms with Crippen molar-refractivity contribution < 1.29 is 37.3 Å². The number of carbonyl (C=O) groups is 1. The average Bonchev–Trinajstić information content (AvgIpc) is 3.08. The molecule has 0 rings (SSSR count). The average molecular weight is 732 g/mol. The highest BCUT2D eigenvalue weighted by Gasteiger charge is 2.20. The lowest BCUT2D eigenvalue weighted by molar-refractivity contribution is -0.870. The van der Waals surface area contributed by atoms with Crippen LogP contribution in [0, 0.1) is 0 Å². The maximum Gasteiger partial charge on any atom is 0.306 e. The predicted octanol–water partition coefficient (Wildman–Crippen LogP) is 10.1. The lowest BCUT2D eigenvalue weighted by Gasteiger charge is -2.28. The number of quaternary nitrogens is 1. The van der Waals surface area contributed by atoms with Gasteiger partial charge < -0.3 is 27.9 Å². The second-order valence-corrected chi connectivity index (χ2v) is 14.6. The summed E-state index contributed by atoms with van der Waals surface area (Å²) < 4.78 is 34.3. The van der Waals surface area contributed by atoms with Crippen molar-refractivity contribution in [2.45, 2.75) is 110 Å². The molecule has 0 aliphatic heterocycles. The fourth-order valence-electron chi connectivity index (χ4n) is 4.24. The van der Waals surface area contributed by atoms with E-state index in [1.54, 1.807) is 0 Å². The number of carbonyl (C=O) groups excluding carboxylic acids is 1. The number of phosphoric acid groups is 1. The van der Waals surface area contributed by atoms with Crippen molar-refractivity contribution in [2.75, 3.05) is 54.1 Å². The summed E-state index contributed by atoms with van der Waals surface area (Å²) in [4.78, 5) is 24.9. The Balaban J connectivity index is 4.51. The molecule has 290 valence electrons. The first-order valence-electron chi connectivity index (χ1n) is 19.0. The Morgan fingerprint density at radius 2 is 1.06 bits per heavy atom. The summed E-state index contributed by atoms with van der Waals surface area (Å²) in [5, 5.41) is 0. The molecule has 2 unspecified atom stereocenters. The van der Waals surface area contributed by atoms with Gasteiger partial charge in [0.05, 0.1) is 34.4 Å². The molecule has 2 atom stereocenters. The van der Waals surface area contributed by atoms with Crippen molar-refractivity contribution in [1.82, 2.24) is 0 Å². The molecule has 0 aliphatic carbocycles. The molecule has 51 heavy (non-hydrogen) atoms. The number of nitrogens with zero attached hydrogens (tertiary/aromatic N) is 1. The van der Waals surface area contributed by atoms with E-state index in [4.69, 9.17) is 18.5 Å². The van der Waals surface area contributed by atoms with Crippen molar-refractivity contribution in [3.63, 3.8) is 0 Å². The van der Waals surface area contributed by atoms with Gasteiger partial charge in [0.2, 0.25) is 0 Å². The van der Waals surface area contributed by atoms with Crippen molar-refractivity contribution in [1.29, 1.82) is 0 Å². The van der Waals surface area contributed by atoms with Crippen molar-refractivity contribution in [2.24, 2.45) is 0 Å². The molecule has 0 radical (unpaired) electrons. The summed E-state index contributed by atoms with van der Waals surface area (Å²) in [6, 6.07) is 0. The second-order valence-electron chi connectivity index (χ2n) is 13.2. The van der Waals surface area contributed by atoms with Crippen LogP contribution in [0.4, 0.5) is 0 Å². The van der Waals surface area contributed by atoms with Crippen LogP contribution in [0.5, 0.6) is 0 Å². The third kappa shape index (κ3) is 38.5. The zero-order chi connectivity index (χ0) is 37.7. The number of allylic oxidation sites excluding steroid dienone is 16. The van der Waals surface area contributed by atoms with Crippen LogP contribution in [0.2, 0.25) is 0 Å². The van der Waals surface area contributed by atoms with Gasteiger partial charge in [-0.1, -0.05) is 111 Å². The summed E-state index contributed by atoms with van der Waals surface area (Å²) in [5.74, 6) is -0.399. The number of hydrogen-bond acceptors (Lipinski definition) is 7. The molecular formula is C42H70NO7P. The first kappa shape index (κ1) is 48.4. The van der Waals surface area contributed by atoms with Gasteiger partial charge >= 0.3 is 5.97 Å². The Morgan fingerprint density at radius 1 is 0.608 bits per heavy atom. The van der Waals surface area contributed by atoms with Gasteiger partial charge in [-0.05, 0) is 83.5 Å². The lowest BCUT2D eigenvalue weighted by atomic mass is 10.2. The van der Waals surface area contributed by atoms with Crippen LogP contribution in [0.3, 0.4) is 0 Å². The first-order valence-corrected chi connectivity index (χ1v) is 20.4. The maximum absolute atomic E-state index is 12.6. The van der Waals surface area contributed by atoms with E-state index >= 15 is 0 Å². The molecule has 0 bridgehead atoms. The molecule has 8 nitrogen and oxygen atoms in total. The summed E-state index contributed by atoms with van der Waals surface area (Å²) in [5.41, 5.74) is 0. The van der Waals surface area contributed by atoms with Crippen molar-refractivity contribution >= 4 is 13.8 Å². The summed E-state index contributed by atoms with van der Waals surface area (Å²) >= 11 is 0. The minimum atomic E-state index is -4.55. The van der Waals surface area contributed by atoms with Gasteiger partial charge in [0.25, 0.3) is 7.82 Å². The lowest BCUT2D eigenvalue weighted by Crippen LogP contribution is -2.37. The van der Waals surface area contributed by atoms with E-state index in [-0.39, 0.29) is 26.2 Å². The largest absolute Gasteiger partial charge is 0.756 e. The first-order chi connectivity index (χ1) is 24.6. The van der Waals surface area contributed by atoms with Gasteiger partial charge in [0.15, 0.2) is 0 Å². The second kappa shape index (κ2) is 34.5. The Labute approximate surface area is 311 Å². The minimum Gasteiger partial charge on any atom is -0.756 e. The van der Waals surface area contributed by atoms with Gasteiger partial charge in [0, 0.05) is 13.0 Å². The Hall–Kier alpha value is -2.58. The van der Waals surface area contributed by atoms with E-state index < -0.39 is 19.9 Å². The number of esters is 1. The number of rotatable bonds is 33. The minimum absolute atomic E-state index is 0.00179. The molecule has 0 saturated carbocycles. The van der Waals surface area contributed by atoms with E-state index in [0.717, 1.165) is 77.0 Å². The predicted molar refractivity (Wildman–Crippen MR) is 212 cm³/mol. The molecule has 0 aliphatic rings. The Kier molecular flexibility index (Phi) is 32.8. The molecule has 0 aromatic rings. The SMILES string of the molecule is CC/C=C\C/C=C\C/C=C\C/C=C\CCCCC(=O)OC(COCCC/C=C\C/C=C\C/C=C\C/C=C\CC)COP(=O)([O-])OCC[N+](C)(C)C. The van der Waals surface area contributed by atoms with Crippen LogP contribution in [0.25, 0.3) is 0 Å². The monoisotopic (exact) mass is 731 g/mol. The molecule has 0 fully saturated rings. The molecule has 9 heteroatoms. The highest BCUT2D eigenvalue weighted by Crippen LogP contribution is 2.38. The van der Waals surface area contributed by atoms with E-state index in [2.05, 4.69) is 111 Å². The van der Waals surface area contributed by atoms with Crippen LogP contribution < -0.4 is 4.89 Å². The van der Waals surface area contributed by atoms with Gasteiger partial charge in [-0.25, -0.2) is 0 Å². The number of unbranched alkanes of at least 4 members (excludes halogenated alkanes) is 3. The molecule has 0 aromatic carbocycles. The molecule has 0 spiro atoms. The molecule has 0 heterocycles. The zero-order valence-corrected chi connectivity index (χ0v) is 33.4.